The van der Waals surface area contributed by atoms with E-state index in [1.165, 1.54) is 12.1 Å². The fraction of sp³-hybridized carbons (Fsp3) is 0.462. The first kappa shape index (κ1) is 21.2. The standard InChI is InChI=1S/C13H18ClN3O7S2/c14-6-3-5(26(15,22)23)1-2-7(6)16-13(25)17-9-11(20)10(19)8(4-18)24-12(9)21/h1-3,8-12,18-21H,4H2,(H2,15,22,23)(H2,16,17,25)/t8-,9+,10-,11-,12?/m1/s1. The summed E-state index contributed by atoms with van der Waals surface area (Å²) in [5.41, 5.74) is 0.242. The zero-order chi connectivity index (χ0) is 19.6. The van der Waals surface area contributed by atoms with Crippen molar-refractivity contribution in [2.45, 2.75) is 35.5 Å². The average Bonchev–Trinajstić information content (AvgIpc) is 2.55. The zero-order valence-electron chi connectivity index (χ0n) is 13.1. The van der Waals surface area contributed by atoms with Crippen molar-refractivity contribution in [3.63, 3.8) is 0 Å². The summed E-state index contributed by atoms with van der Waals surface area (Å²) in [7, 11) is -3.91. The number of benzene rings is 1. The van der Waals surface area contributed by atoms with Crippen molar-refractivity contribution in [2.75, 3.05) is 11.9 Å². The summed E-state index contributed by atoms with van der Waals surface area (Å²) in [4.78, 5) is -0.184. The summed E-state index contributed by atoms with van der Waals surface area (Å²) in [5.74, 6) is 0. The van der Waals surface area contributed by atoms with E-state index in [1.807, 2.05) is 0 Å². The predicted molar refractivity (Wildman–Crippen MR) is 95.9 cm³/mol. The molecule has 0 aliphatic carbocycles. The summed E-state index contributed by atoms with van der Waals surface area (Å²) in [6, 6.07) is 2.49. The molecule has 10 nitrogen and oxygen atoms in total. The van der Waals surface area contributed by atoms with E-state index in [-0.39, 0.29) is 20.7 Å². The van der Waals surface area contributed by atoms with Gasteiger partial charge in [-0.05, 0) is 30.4 Å². The number of sulfonamides is 1. The van der Waals surface area contributed by atoms with Crippen LogP contribution in [0.1, 0.15) is 0 Å². The third-order valence-electron chi connectivity index (χ3n) is 3.72. The second-order valence-electron chi connectivity index (χ2n) is 5.54. The van der Waals surface area contributed by atoms with Crippen molar-refractivity contribution in [1.82, 2.24) is 5.32 Å². The van der Waals surface area contributed by atoms with Crippen molar-refractivity contribution < 1.29 is 33.6 Å². The Morgan fingerprint density at radius 2 is 1.96 bits per heavy atom. The van der Waals surface area contributed by atoms with E-state index in [9.17, 15) is 23.7 Å². The third-order valence-corrected chi connectivity index (χ3v) is 5.16. The zero-order valence-corrected chi connectivity index (χ0v) is 15.5. The number of primary sulfonamides is 1. The molecule has 0 radical (unpaired) electrons. The Hall–Kier alpha value is -1.09. The molecule has 0 saturated carbocycles. The highest BCUT2D eigenvalue weighted by molar-refractivity contribution is 7.89. The van der Waals surface area contributed by atoms with Gasteiger partial charge in [-0.3, -0.25) is 0 Å². The number of hydrogen-bond acceptors (Lipinski definition) is 8. The Balaban J connectivity index is 2.07. The van der Waals surface area contributed by atoms with Crippen LogP contribution < -0.4 is 15.8 Å². The maximum atomic E-state index is 11.3. The van der Waals surface area contributed by atoms with Gasteiger partial charge in [0.25, 0.3) is 0 Å². The summed E-state index contributed by atoms with van der Waals surface area (Å²) in [5, 5.41) is 49.0. The largest absolute Gasteiger partial charge is 0.394 e. The van der Waals surface area contributed by atoms with Crippen molar-refractivity contribution in [2.24, 2.45) is 5.14 Å². The number of rotatable bonds is 4. The molecule has 1 aliphatic heterocycles. The van der Waals surface area contributed by atoms with Gasteiger partial charge in [0, 0.05) is 0 Å². The fourth-order valence-electron chi connectivity index (χ4n) is 2.34. The molecular formula is C13H18ClN3O7S2. The number of aliphatic hydroxyl groups excluding tert-OH is 4. The first-order valence-corrected chi connectivity index (χ1v) is 9.58. The van der Waals surface area contributed by atoms with Crippen molar-refractivity contribution in [1.29, 1.82) is 0 Å². The number of anilines is 1. The number of aliphatic hydroxyl groups is 4. The summed E-state index contributed by atoms with van der Waals surface area (Å²) in [6.07, 6.45) is -5.61. The van der Waals surface area contributed by atoms with E-state index in [4.69, 9.17) is 38.8 Å². The van der Waals surface area contributed by atoms with Crippen LogP contribution >= 0.6 is 23.8 Å². The quantitative estimate of drug-likeness (QED) is 0.268. The first-order valence-electron chi connectivity index (χ1n) is 7.25. The van der Waals surface area contributed by atoms with Crippen LogP contribution in [-0.2, 0) is 14.8 Å². The van der Waals surface area contributed by atoms with Gasteiger partial charge in [0.05, 0.1) is 22.2 Å². The van der Waals surface area contributed by atoms with Crippen LogP contribution in [-0.4, -0.2) is 71.2 Å². The van der Waals surface area contributed by atoms with Crippen molar-refractivity contribution in [3.8, 4) is 0 Å². The Morgan fingerprint density at radius 3 is 2.50 bits per heavy atom. The van der Waals surface area contributed by atoms with E-state index in [0.717, 1.165) is 6.07 Å². The normalized spacial score (nSPS) is 29.2. The molecule has 13 heteroatoms. The van der Waals surface area contributed by atoms with Gasteiger partial charge in [0.1, 0.15) is 24.4 Å². The second-order valence-corrected chi connectivity index (χ2v) is 7.92. The van der Waals surface area contributed by atoms with Crippen LogP contribution in [0.2, 0.25) is 5.02 Å². The molecule has 8 N–H and O–H groups in total. The second kappa shape index (κ2) is 8.29. The summed E-state index contributed by atoms with van der Waals surface area (Å²) >= 11 is 11.0. The maximum absolute atomic E-state index is 11.3. The molecule has 0 bridgehead atoms. The fourth-order valence-corrected chi connectivity index (χ4v) is 3.42. The maximum Gasteiger partial charge on any atom is 0.238 e. The Labute approximate surface area is 159 Å². The van der Waals surface area contributed by atoms with Crippen molar-refractivity contribution in [3.05, 3.63) is 23.2 Å². The molecule has 1 aromatic carbocycles. The number of nitrogens with one attached hydrogen (secondary N) is 2. The molecule has 0 spiro atoms. The Kier molecular flexibility index (Phi) is 6.76. The Bertz CT molecular complexity index is 779. The molecule has 1 heterocycles. The van der Waals surface area contributed by atoms with E-state index in [0.29, 0.717) is 0 Å². The molecule has 1 aliphatic rings. The summed E-state index contributed by atoms with van der Waals surface area (Å²) < 4.78 is 27.6. The SMILES string of the molecule is NS(=O)(=O)c1ccc(NC(=S)N[C@@H]2C(O)O[C@H](CO)[C@@H](O)[C@@H]2O)c(Cl)c1. The van der Waals surface area contributed by atoms with Gasteiger partial charge in [-0.25, -0.2) is 13.6 Å². The van der Waals surface area contributed by atoms with Gasteiger partial charge in [-0.2, -0.15) is 0 Å². The van der Waals surface area contributed by atoms with E-state index in [2.05, 4.69) is 10.6 Å². The number of thiocarbonyl (C=S) groups is 1. The van der Waals surface area contributed by atoms with Gasteiger partial charge in [-0.15, -0.1) is 0 Å². The molecule has 5 atom stereocenters. The van der Waals surface area contributed by atoms with Crippen LogP contribution in [0.15, 0.2) is 23.1 Å². The number of ether oxygens (including phenoxy) is 1. The third kappa shape index (κ3) is 4.79. The minimum atomic E-state index is -3.91. The van der Waals surface area contributed by atoms with E-state index >= 15 is 0 Å². The molecule has 146 valence electrons. The Morgan fingerprint density at radius 1 is 1.31 bits per heavy atom. The van der Waals surface area contributed by atoms with Gasteiger partial charge in [-0.1, -0.05) is 11.6 Å². The highest BCUT2D eigenvalue weighted by Crippen LogP contribution is 2.25. The number of halogens is 1. The van der Waals surface area contributed by atoms with Gasteiger partial charge < -0.3 is 35.8 Å². The molecule has 0 amide bonds. The van der Waals surface area contributed by atoms with E-state index < -0.39 is 47.3 Å². The molecule has 1 saturated heterocycles. The number of hydrogen-bond donors (Lipinski definition) is 7. The molecule has 0 aromatic heterocycles. The van der Waals surface area contributed by atoms with E-state index in [1.54, 1.807) is 0 Å². The smallest absolute Gasteiger partial charge is 0.238 e. The lowest BCUT2D eigenvalue weighted by Crippen LogP contribution is -2.64. The minimum absolute atomic E-state index is 0.0158. The lowest BCUT2D eigenvalue weighted by atomic mass is 9.97. The van der Waals surface area contributed by atoms with Gasteiger partial charge in [0.15, 0.2) is 11.4 Å². The van der Waals surface area contributed by atoms with Gasteiger partial charge >= 0.3 is 0 Å². The molecular weight excluding hydrogens is 410 g/mol. The lowest BCUT2D eigenvalue weighted by Gasteiger charge is -2.40. The van der Waals surface area contributed by atoms with Crippen molar-refractivity contribution >= 4 is 44.6 Å². The van der Waals surface area contributed by atoms with Gasteiger partial charge in [0.2, 0.25) is 10.0 Å². The minimum Gasteiger partial charge on any atom is -0.394 e. The first-order chi connectivity index (χ1) is 12.0. The topological polar surface area (TPSA) is 174 Å². The lowest BCUT2D eigenvalue weighted by molar-refractivity contribution is -0.251. The number of nitrogens with two attached hydrogens (primary N) is 1. The molecule has 26 heavy (non-hydrogen) atoms. The summed E-state index contributed by atoms with van der Waals surface area (Å²) in [6.45, 7) is -0.587. The highest BCUT2D eigenvalue weighted by atomic mass is 35.5. The monoisotopic (exact) mass is 427 g/mol. The van der Waals surface area contributed by atoms with Crippen LogP contribution in [0.3, 0.4) is 0 Å². The van der Waals surface area contributed by atoms with Crippen LogP contribution in [0.5, 0.6) is 0 Å². The van der Waals surface area contributed by atoms with Crippen LogP contribution in [0.25, 0.3) is 0 Å². The predicted octanol–water partition coefficient (Wildman–Crippen LogP) is -1.93. The molecule has 1 fully saturated rings. The average molecular weight is 428 g/mol. The molecule has 1 unspecified atom stereocenters. The molecule has 2 rings (SSSR count). The molecule has 1 aromatic rings. The van der Waals surface area contributed by atoms with Crippen LogP contribution in [0.4, 0.5) is 5.69 Å². The van der Waals surface area contributed by atoms with Crippen LogP contribution in [0, 0.1) is 0 Å². The highest BCUT2D eigenvalue weighted by Gasteiger charge is 2.43.